The lowest BCUT2D eigenvalue weighted by molar-refractivity contribution is -0.150. The normalized spacial score (nSPS) is 24.3. The molecule has 1 aliphatic heterocycles. The van der Waals surface area contributed by atoms with Gasteiger partial charge in [-0.15, -0.1) is 0 Å². The fourth-order valence-corrected chi connectivity index (χ4v) is 2.06. The lowest BCUT2D eigenvalue weighted by Crippen LogP contribution is -2.61. The number of amides is 2. The fraction of sp³-hybridized carbons (Fsp3) is 0.636. The monoisotopic (exact) mass is 252 g/mol. The van der Waals surface area contributed by atoms with Crippen LogP contribution in [0.1, 0.15) is 32.0 Å². The Morgan fingerprint density at radius 1 is 1.44 bits per heavy atom. The molecule has 0 bridgehead atoms. The van der Waals surface area contributed by atoms with Gasteiger partial charge in [-0.3, -0.25) is 9.59 Å². The molecule has 2 atom stereocenters. The molecule has 1 N–H and O–H groups in total. The van der Waals surface area contributed by atoms with Crippen molar-refractivity contribution in [2.75, 3.05) is 0 Å². The van der Waals surface area contributed by atoms with Gasteiger partial charge in [0, 0.05) is 0 Å². The number of rotatable bonds is 3. The van der Waals surface area contributed by atoms with Crippen molar-refractivity contribution in [3.63, 3.8) is 0 Å². The van der Waals surface area contributed by atoms with Crippen LogP contribution in [0.5, 0.6) is 0 Å². The van der Waals surface area contributed by atoms with E-state index in [0.717, 1.165) is 0 Å². The summed E-state index contributed by atoms with van der Waals surface area (Å²) in [7, 11) is 0. The Bertz CT molecular complexity index is 471. The average Bonchev–Trinajstić information content (AvgIpc) is 2.72. The topological polar surface area (TPSA) is 88.3 Å². The molecule has 0 aromatic carbocycles. The number of aromatic nitrogens is 2. The van der Waals surface area contributed by atoms with E-state index in [2.05, 4.69) is 15.5 Å². The van der Waals surface area contributed by atoms with Crippen molar-refractivity contribution in [1.29, 1.82) is 0 Å². The van der Waals surface area contributed by atoms with Gasteiger partial charge in [-0.2, -0.15) is 4.98 Å². The largest absolute Gasteiger partial charge is 0.343 e. The molecule has 1 fully saturated rings. The molecule has 0 saturated carbocycles. The maximum atomic E-state index is 12.1. The highest BCUT2D eigenvalue weighted by Crippen LogP contribution is 2.16. The quantitative estimate of drug-likeness (QED) is 0.818. The Labute approximate surface area is 105 Å². The molecule has 98 valence electrons. The summed E-state index contributed by atoms with van der Waals surface area (Å²) in [6, 6.07) is -0.981. The highest BCUT2D eigenvalue weighted by Gasteiger charge is 2.38. The second-order valence-corrected chi connectivity index (χ2v) is 4.36. The fourth-order valence-electron chi connectivity index (χ4n) is 2.06. The van der Waals surface area contributed by atoms with Crippen LogP contribution in [0.25, 0.3) is 0 Å². The van der Waals surface area contributed by atoms with Crippen LogP contribution in [0.2, 0.25) is 0 Å². The molecule has 7 heteroatoms. The molecule has 0 radical (unpaired) electrons. The molecular formula is C11H16N4O3. The minimum atomic E-state index is -0.510. The SMILES string of the molecule is CCC1C(=O)NC(C)C(=O)N1Cc1nc(C)no1. The summed E-state index contributed by atoms with van der Waals surface area (Å²) in [5, 5.41) is 6.33. The highest BCUT2D eigenvalue weighted by molar-refractivity contribution is 5.96. The van der Waals surface area contributed by atoms with Gasteiger partial charge >= 0.3 is 0 Å². The first kappa shape index (κ1) is 12.5. The van der Waals surface area contributed by atoms with Crippen LogP contribution in [0.3, 0.4) is 0 Å². The molecule has 2 amide bonds. The molecule has 2 rings (SSSR count). The first-order valence-corrected chi connectivity index (χ1v) is 5.93. The number of aryl methyl sites for hydroxylation is 1. The number of carbonyl (C=O) groups is 2. The van der Waals surface area contributed by atoms with Gasteiger partial charge in [0.05, 0.1) is 0 Å². The number of nitrogens with one attached hydrogen (secondary N) is 1. The van der Waals surface area contributed by atoms with Crippen LogP contribution in [0, 0.1) is 6.92 Å². The molecule has 2 heterocycles. The van der Waals surface area contributed by atoms with E-state index in [1.165, 1.54) is 4.90 Å². The molecule has 18 heavy (non-hydrogen) atoms. The first-order valence-electron chi connectivity index (χ1n) is 5.93. The van der Waals surface area contributed by atoms with E-state index in [0.29, 0.717) is 18.1 Å². The molecule has 1 aromatic heterocycles. The molecule has 7 nitrogen and oxygen atoms in total. The van der Waals surface area contributed by atoms with Crippen molar-refractivity contribution in [2.45, 2.75) is 45.8 Å². The van der Waals surface area contributed by atoms with E-state index in [9.17, 15) is 9.59 Å². The summed E-state index contributed by atoms with van der Waals surface area (Å²) in [4.78, 5) is 29.4. The van der Waals surface area contributed by atoms with Gasteiger partial charge in [-0.1, -0.05) is 12.1 Å². The van der Waals surface area contributed by atoms with Crippen molar-refractivity contribution >= 4 is 11.8 Å². The summed E-state index contributed by atoms with van der Waals surface area (Å²) >= 11 is 0. The minimum absolute atomic E-state index is 0.127. The van der Waals surface area contributed by atoms with Crippen molar-refractivity contribution < 1.29 is 14.1 Å². The van der Waals surface area contributed by atoms with Crippen LogP contribution in [-0.2, 0) is 16.1 Å². The zero-order valence-corrected chi connectivity index (χ0v) is 10.6. The van der Waals surface area contributed by atoms with Crippen LogP contribution >= 0.6 is 0 Å². The van der Waals surface area contributed by atoms with Gasteiger partial charge in [0.15, 0.2) is 5.82 Å². The lowest BCUT2D eigenvalue weighted by atomic mass is 10.1. The van der Waals surface area contributed by atoms with Crippen molar-refractivity contribution in [1.82, 2.24) is 20.4 Å². The maximum Gasteiger partial charge on any atom is 0.246 e. The molecule has 1 aliphatic rings. The van der Waals surface area contributed by atoms with Gasteiger partial charge in [0.1, 0.15) is 18.6 Å². The molecular weight excluding hydrogens is 236 g/mol. The predicted octanol–water partition coefficient (Wildman–Crippen LogP) is 0.00352. The van der Waals surface area contributed by atoms with Gasteiger partial charge in [0.2, 0.25) is 17.7 Å². The van der Waals surface area contributed by atoms with Crippen molar-refractivity contribution in [3.05, 3.63) is 11.7 Å². The Morgan fingerprint density at radius 2 is 2.17 bits per heavy atom. The van der Waals surface area contributed by atoms with E-state index >= 15 is 0 Å². The summed E-state index contributed by atoms with van der Waals surface area (Å²) in [5.41, 5.74) is 0. The van der Waals surface area contributed by atoms with Crippen molar-refractivity contribution in [2.24, 2.45) is 0 Å². The van der Waals surface area contributed by atoms with Crippen LogP contribution in [0.4, 0.5) is 0 Å². The third-order valence-corrected chi connectivity index (χ3v) is 2.95. The lowest BCUT2D eigenvalue weighted by Gasteiger charge is -2.36. The Balaban J connectivity index is 2.20. The molecule has 0 aliphatic carbocycles. The van der Waals surface area contributed by atoms with Gasteiger partial charge in [-0.05, 0) is 20.3 Å². The molecule has 1 saturated heterocycles. The summed E-state index contributed by atoms with van der Waals surface area (Å²) in [6.07, 6.45) is 0.553. The Hall–Kier alpha value is -1.92. The zero-order valence-electron chi connectivity index (χ0n) is 10.6. The molecule has 1 aromatic rings. The highest BCUT2D eigenvalue weighted by atomic mass is 16.5. The molecule has 0 spiro atoms. The standard InChI is InChI=1S/C11H16N4O3/c1-4-8-10(16)12-6(2)11(17)15(8)5-9-13-7(3)14-18-9/h6,8H,4-5H2,1-3H3,(H,12,16). The smallest absolute Gasteiger partial charge is 0.246 e. The second kappa shape index (κ2) is 4.75. The summed E-state index contributed by atoms with van der Waals surface area (Å²) in [5.74, 6) is 0.597. The third-order valence-electron chi connectivity index (χ3n) is 2.95. The van der Waals surface area contributed by atoms with Crippen LogP contribution < -0.4 is 5.32 Å². The van der Waals surface area contributed by atoms with Gasteiger partial charge < -0.3 is 14.7 Å². The number of carbonyl (C=O) groups excluding carboxylic acids is 2. The second-order valence-electron chi connectivity index (χ2n) is 4.36. The van der Waals surface area contributed by atoms with Crippen LogP contribution in [0.15, 0.2) is 4.52 Å². The van der Waals surface area contributed by atoms with E-state index in [1.807, 2.05) is 6.92 Å². The van der Waals surface area contributed by atoms with Gasteiger partial charge in [-0.25, -0.2) is 0 Å². The summed E-state index contributed by atoms with van der Waals surface area (Å²) < 4.78 is 4.99. The summed E-state index contributed by atoms with van der Waals surface area (Å²) in [6.45, 7) is 5.41. The zero-order chi connectivity index (χ0) is 13.3. The number of hydrogen-bond acceptors (Lipinski definition) is 5. The van der Waals surface area contributed by atoms with Gasteiger partial charge in [0.25, 0.3) is 0 Å². The predicted molar refractivity (Wildman–Crippen MR) is 61.3 cm³/mol. The number of piperazine rings is 1. The van der Waals surface area contributed by atoms with E-state index in [-0.39, 0.29) is 18.4 Å². The number of nitrogens with zero attached hydrogens (tertiary/aromatic N) is 3. The Kier molecular flexibility index (Phi) is 3.31. The van der Waals surface area contributed by atoms with E-state index in [1.54, 1.807) is 13.8 Å². The van der Waals surface area contributed by atoms with Crippen molar-refractivity contribution in [3.8, 4) is 0 Å². The first-order chi connectivity index (χ1) is 8.52. The van der Waals surface area contributed by atoms with E-state index < -0.39 is 12.1 Å². The maximum absolute atomic E-state index is 12.1. The minimum Gasteiger partial charge on any atom is -0.343 e. The van der Waals surface area contributed by atoms with Crippen LogP contribution in [-0.4, -0.2) is 38.9 Å². The third kappa shape index (κ3) is 2.20. The Morgan fingerprint density at radius 3 is 2.72 bits per heavy atom. The molecule has 2 unspecified atom stereocenters. The van der Waals surface area contributed by atoms with E-state index in [4.69, 9.17) is 4.52 Å². The average molecular weight is 252 g/mol. The number of hydrogen-bond donors (Lipinski definition) is 1.